The van der Waals surface area contributed by atoms with Crippen molar-refractivity contribution >= 4 is 5.91 Å². The molecule has 1 amide bonds. The normalized spacial score (nSPS) is 22.6. The number of amides is 1. The lowest BCUT2D eigenvalue weighted by molar-refractivity contribution is -0.137. The largest absolute Gasteiger partial charge is 0.416 e. The molecule has 1 saturated heterocycles. The summed E-state index contributed by atoms with van der Waals surface area (Å²) in [7, 11) is 0. The maximum atomic E-state index is 13.0. The van der Waals surface area contributed by atoms with Crippen molar-refractivity contribution < 1.29 is 22.7 Å². The Morgan fingerprint density at radius 2 is 1.71 bits per heavy atom. The average Bonchev–Trinajstić information content (AvgIpc) is 3.58. The van der Waals surface area contributed by atoms with Gasteiger partial charge in [-0.1, -0.05) is 12.1 Å². The summed E-state index contributed by atoms with van der Waals surface area (Å²) in [4.78, 5) is 17.2. The Balaban J connectivity index is 1.38. The summed E-state index contributed by atoms with van der Waals surface area (Å²) >= 11 is 0. The summed E-state index contributed by atoms with van der Waals surface area (Å²) in [5.74, 6) is 0.589. The van der Waals surface area contributed by atoms with Gasteiger partial charge in [-0.05, 0) is 55.7 Å². The van der Waals surface area contributed by atoms with Gasteiger partial charge in [0.2, 0.25) is 5.91 Å². The fourth-order valence-electron chi connectivity index (χ4n) is 3.91. The lowest BCUT2D eigenvalue weighted by Gasteiger charge is -2.29. The van der Waals surface area contributed by atoms with Crippen molar-refractivity contribution in [2.24, 2.45) is 5.92 Å². The van der Waals surface area contributed by atoms with E-state index in [1.807, 2.05) is 4.90 Å². The highest BCUT2D eigenvalue weighted by Gasteiger charge is 2.37. The Morgan fingerprint density at radius 3 is 2.25 bits per heavy atom. The Bertz CT molecular complexity index is 678. The monoisotopic (exact) mass is 396 g/mol. The molecule has 0 N–H and O–H groups in total. The molecule has 0 radical (unpaired) electrons. The molecule has 1 aromatic carbocycles. The van der Waals surface area contributed by atoms with Gasteiger partial charge in [-0.3, -0.25) is 9.69 Å². The van der Waals surface area contributed by atoms with Crippen LogP contribution < -0.4 is 0 Å². The van der Waals surface area contributed by atoms with Gasteiger partial charge in [0.1, 0.15) is 0 Å². The van der Waals surface area contributed by atoms with Crippen molar-refractivity contribution in [2.45, 2.75) is 56.9 Å². The molecule has 7 heteroatoms. The van der Waals surface area contributed by atoms with Crippen molar-refractivity contribution in [3.8, 4) is 0 Å². The molecule has 3 aliphatic rings. The number of rotatable bonds is 8. The minimum atomic E-state index is -4.33. The molecule has 0 bridgehead atoms. The highest BCUT2D eigenvalue weighted by molar-refractivity contribution is 5.79. The zero-order valence-electron chi connectivity index (χ0n) is 16.0. The first-order chi connectivity index (χ1) is 13.4. The minimum absolute atomic E-state index is 0.0909. The molecule has 4 nitrogen and oxygen atoms in total. The smallest absolute Gasteiger partial charge is 0.381 e. The first kappa shape index (κ1) is 19.7. The van der Waals surface area contributed by atoms with E-state index >= 15 is 0 Å². The van der Waals surface area contributed by atoms with Gasteiger partial charge in [0.05, 0.1) is 18.7 Å². The quantitative estimate of drug-likeness (QED) is 0.672. The van der Waals surface area contributed by atoms with E-state index in [0.29, 0.717) is 25.0 Å². The van der Waals surface area contributed by atoms with Crippen molar-refractivity contribution in [2.75, 3.05) is 26.3 Å². The van der Waals surface area contributed by atoms with E-state index in [9.17, 15) is 18.0 Å². The lowest BCUT2D eigenvalue weighted by Crippen LogP contribution is -2.43. The van der Waals surface area contributed by atoms with Crippen molar-refractivity contribution in [1.82, 2.24) is 9.80 Å². The van der Waals surface area contributed by atoms with E-state index < -0.39 is 11.7 Å². The summed E-state index contributed by atoms with van der Waals surface area (Å²) in [5, 5.41) is 0. The van der Waals surface area contributed by atoms with Gasteiger partial charge in [0, 0.05) is 31.8 Å². The maximum Gasteiger partial charge on any atom is 0.416 e. The molecule has 2 saturated carbocycles. The molecule has 1 aliphatic heterocycles. The number of benzene rings is 1. The van der Waals surface area contributed by atoms with Crippen LogP contribution in [0.25, 0.3) is 0 Å². The second-order valence-electron chi connectivity index (χ2n) is 8.34. The van der Waals surface area contributed by atoms with E-state index in [2.05, 4.69) is 4.90 Å². The number of alkyl halides is 3. The van der Waals surface area contributed by atoms with Crippen LogP contribution in [-0.2, 0) is 22.3 Å². The Morgan fingerprint density at radius 1 is 1.04 bits per heavy atom. The number of halogens is 3. The summed E-state index contributed by atoms with van der Waals surface area (Å²) in [6.07, 6.45) is 0.958. The fourth-order valence-corrected chi connectivity index (χ4v) is 3.91. The molecule has 1 unspecified atom stereocenters. The lowest BCUT2D eigenvalue weighted by atomic mass is 10.1. The van der Waals surface area contributed by atoms with Gasteiger partial charge in [0.15, 0.2) is 0 Å². The molecule has 2 aliphatic carbocycles. The predicted molar refractivity (Wildman–Crippen MR) is 98.5 cm³/mol. The molecule has 1 aromatic rings. The Kier molecular flexibility index (Phi) is 5.65. The van der Waals surface area contributed by atoms with Crippen LogP contribution in [0.2, 0.25) is 0 Å². The van der Waals surface area contributed by atoms with E-state index in [1.54, 1.807) is 0 Å². The Labute approximate surface area is 163 Å². The molecular weight excluding hydrogens is 369 g/mol. The number of hydrogen-bond acceptors (Lipinski definition) is 3. The summed E-state index contributed by atoms with van der Waals surface area (Å²) in [5.41, 5.74) is 0.0923. The number of hydrogen-bond donors (Lipinski definition) is 0. The second-order valence-corrected chi connectivity index (χ2v) is 8.34. The zero-order valence-corrected chi connectivity index (χ0v) is 16.0. The standard InChI is InChI=1S/C21H27F3N2O2/c22-21(23,24)17-3-1-15(2-4-17)12-26(19-7-8-19)20(27)13-25(18-5-6-18)11-16-9-10-28-14-16/h1-4,16,18-19H,5-14H2. The average molecular weight is 396 g/mol. The number of nitrogens with zero attached hydrogens (tertiary/aromatic N) is 2. The van der Waals surface area contributed by atoms with Crippen LogP contribution in [0.5, 0.6) is 0 Å². The third-order valence-electron chi connectivity index (χ3n) is 5.86. The topological polar surface area (TPSA) is 32.8 Å². The van der Waals surface area contributed by atoms with Crippen molar-refractivity contribution in [1.29, 1.82) is 0 Å². The van der Waals surface area contributed by atoms with Gasteiger partial charge in [-0.15, -0.1) is 0 Å². The third-order valence-corrected chi connectivity index (χ3v) is 5.86. The molecule has 1 atom stereocenters. The molecule has 0 aromatic heterocycles. The summed E-state index contributed by atoms with van der Waals surface area (Å²) in [6.45, 7) is 3.26. The van der Waals surface area contributed by atoms with Crippen LogP contribution in [0.4, 0.5) is 13.2 Å². The fraction of sp³-hybridized carbons (Fsp3) is 0.667. The molecule has 28 heavy (non-hydrogen) atoms. The van der Waals surface area contributed by atoms with E-state index in [1.165, 1.54) is 12.1 Å². The third kappa shape index (κ3) is 5.06. The van der Waals surface area contributed by atoms with E-state index in [0.717, 1.165) is 69.6 Å². The van der Waals surface area contributed by atoms with Crippen LogP contribution in [0.1, 0.15) is 43.2 Å². The molecule has 4 rings (SSSR count). The van der Waals surface area contributed by atoms with Crippen LogP contribution in [0.3, 0.4) is 0 Å². The first-order valence-electron chi connectivity index (χ1n) is 10.2. The highest BCUT2D eigenvalue weighted by atomic mass is 19.4. The minimum Gasteiger partial charge on any atom is -0.381 e. The van der Waals surface area contributed by atoms with Crippen LogP contribution in [0, 0.1) is 5.92 Å². The number of carbonyl (C=O) groups is 1. The van der Waals surface area contributed by atoms with Crippen LogP contribution in [-0.4, -0.2) is 54.1 Å². The van der Waals surface area contributed by atoms with E-state index in [4.69, 9.17) is 4.74 Å². The first-order valence-corrected chi connectivity index (χ1v) is 10.2. The summed E-state index contributed by atoms with van der Waals surface area (Å²) < 4.78 is 43.8. The predicted octanol–water partition coefficient (Wildman–Crippen LogP) is 3.70. The van der Waals surface area contributed by atoms with Crippen molar-refractivity contribution in [3.63, 3.8) is 0 Å². The molecule has 1 heterocycles. The molecular formula is C21H27F3N2O2. The second kappa shape index (κ2) is 8.03. The number of carbonyl (C=O) groups excluding carboxylic acids is 1. The molecule has 3 fully saturated rings. The number of ether oxygens (including phenoxy) is 1. The van der Waals surface area contributed by atoms with Gasteiger partial charge >= 0.3 is 6.18 Å². The van der Waals surface area contributed by atoms with Gasteiger partial charge in [0.25, 0.3) is 0 Å². The van der Waals surface area contributed by atoms with Gasteiger partial charge in [-0.25, -0.2) is 0 Å². The van der Waals surface area contributed by atoms with E-state index in [-0.39, 0.29) is 11.9 Å². The SMILES string of the molecule is O=C(CN(CC1CCOC1)C1CC1)N(Cc1ccc(C(F)(F)F)cc1)C1CC1. The Hall–Kier alpha value is -1.60. The van der Waals surface area contributed by atoms with Crippen molar-refractivity contribution in [3.05, 3.63) is 35.4 Å². The highest BCUT2D eigenvalue weighted by Crippen LogP contribution is 2.33. The zero-order chi connectivity index (χ0) is 19.7. The maximum absolute atomic E-state index is 13.0. The van der Waals surface area contributed by atoms with Gasteiger partial charge < -0.3 is 9.64 Å². The van der Waals surface area contributed by atoms with Crippen LogP contribution >= 0.6 is 0 Å². The van der Waals surface area contributed by atoms with Crippen LogP contribution in [0.15, 0.2) is 24.3 Å². The molecule has 0 spiro atoms. The molecule has 154 valence electrons. The van der Waals surface area contributed by atoms with Gasteiger partial charge in [-0.2, -0.15) is 13.2 Å². The summed E-state index contributed by atoms with van der Waals surface area (Å²) in [6, 6.07) is 5.89.